The minimum atomic E-state index is 0.160. The fourth-order valence-corrected chi connectivity index (χ4v) is 10.8. The molecule has 7 aliphatic rings. The van der Waals surface area contributed by atoms with Gasteiger partial charge in [0.15, 0.2) is 0 Å². The zero-order chi connectivity index (χ0) is 38.7. The molecule has 4 aromatic carbocycles. The van der Waals surface area contributed by atoms with Crippen molar-refractivity contribution in [1.82, 2.24) is 0 Å². The highest BCUT2D eigenvalue weighted by molar-refractivity contribution is 5.42. The maximum absolute atomic E-state index is 9.93. The third-order valence-electron chi connectivity index (χ3n) is 14.3. The molecule has 0 radical (unpaired) electrons. The van der Waals surface area contributed by atoms with E-state index in [-0.39, 0.29) is 4.65 Å². The second kappa shape index (κ2) is 17.1. The average Bonchev–Trinajstić information content (AvgIpc) is 3.51. The monoisotopic (exact) mass is 741 g/mol. The number of hydrogen-bond donors (Lipinski definition) is 1. The zero-order valence-corrected chi connectivity index (χ0v) is 35.6. The molecule has 11 rings (SSSR count). The van der Waals surface area contributed by atoms with E-state index in [1.807, 2.05) is 7.05 Å². The lowest BCUT2D eigenvalue weighted by molar-refractivity contribution is -1.09. The molecule has 0 spiro atoms. The number of nitrogens with zero attached hydrogens (tertiary/aromatic N) is 2. The molecule has 5 unspecified atom stereocenters. The Morgan fingerprint density at radius 3 is 1.36 bits per heavy atom. The highest BCUT2D eigenvalue weighted by Gasteiger charge is 2.34. The standard InChI is InChI=1S/C14H18.C13H20N.C13H16.C12H18NO/c1-10-5-8-13-11-3-2-4-12(7-6-11)14(13)9-10;1-11-4-5-12-6-8-14(2,3)9-7-13(12)10-11;1-9-5-6-12-10-3-2-4-11(8-10)13(12)7-9;1-10-3-4-11-5-7-13(2,14)8-6-12(11)9-10/h5,8-9,11-12H,2-4,6-7H2,1H3;4-5,10H,6-9H2,1-3H3;5-7,10-11H,2-4,8H2,1H3;3-4,9,14H,5-8H2,1-2H3/q;+1;;+1. The number of hydroxylamine groups is 3. The van der Waals surface area contributed by atoms with E-state index < -0.39 is 0 Å². The molecule has 4 bridgehead atoms. The van der Waals surface area contributed by atoms with Gasteiger partial charge in [-0.25, -0.2) is 5.21 Å². The summed E-state index contributed by atoms with van der Waals surface area (Å²) in [5, 5.41) is 9.93. The molecular formula is C52H72N2O+2. The topological polar surface area (TPSA) is 20.2 Å². The molecule has 0 amide bonds. The van der Waals surface area contributed by atoms with Crippen LogP contribution in [0.25, 0.3) is 0 Å². The lowest BCUT2D eigenvalue weighted by Crippen LogP contribution is -2.42. The van der Waals surface area contributed by atoms with Gasteiger partial charge in [-0.05, 0) is 141 Å². The van der Waals surface area contributed by atoms with E-state index in [1.165, 1.54) is 117 Å². The van der Waals surface area contributed by atoms with E-state index in [9.17, 15) is 5.21 Å². The summed E-state index contributed by atoms with van der Waals surface area (Å²) >= 11 is 0. The zero-order valence-electron chi connectivity index (χ0n) is 35.6. The lowest BCUT2D eigenvalue weighted by atomic mass is 9.78. The summed E-state index contributed by atoms with van der Waals surface area (Å²) in [6, 6.07) is 27.7. The molecule has 0 aromatic heterocycles. The third-order valence-corrected chi connectivity index (χ3v) is 14.3. The summed E-state index contributed by atoms with van der Waals surface area (Å²) in [4.78, 5) is 0. The second-order valence-electron chi connectivity index (χ2n) is 19.4. The maximum atomic E-state index is 9.93. The van der Waals surface area contributed by atoms with Crippen LogP contribution < -0.4 is 0 Å². The van der Waals surface area contributed by atoms with Crippen molar-refractivity contribution in [3.8, 4) is 0 Å². The Hall–Kier alpha value is -3.24. The first-order valence-electron chi connectivity index (χ1n) is 22.1. The van der Waals surface area contributed by atoms with Crippen LogP contribution in [0.1, 0.15) is 148 Å². The Balaban J connectivity index is 0.000000113. The molecule has 1 N–H and O–H groups in total. The van der Waals surface area contributed by atoms with Crippen LogP contribution in [-0.2, 0) is 25.7 Å². The van der Waals surface area contributed by atoms with E-state index in [0.29, 0.717) is 0 Å². The van der Waals surface area contributed by atoms with Gasteiger partial charge in [-0.3, -0.25) is 0 Å². The van der Waals surface area contributed by atoms with Crippen LogP contribution in [0, 0.1) is 27.7 Å². The quantitative estimate of drug-likeness (QED) is 0.178. The fourth-order valence-electron chi connectivity index (χ4n) is 10.8. The predicted octanol–water partition coefficient (Wildman–Crippen LogP) is 12.0. The highest BCUT2D eigenvalue weighted by atomic mass is 16.5. The predicted molar refractivity (Wildman–Crippen MR) is 232 cm³/mol. The number of aryl methyl sites for hydroxylation is 4. The van der Waals surface area contributed by atoms with Gasteiger partial charge in [0, 0.05) is 25.7 Å². The third kappa shape index (κ3) is 10.0. The van der Waals surface area contributed by atoms with Crippen molar-refractivity contribution in [2.75, 3.05) is 47.3 Å². The fraction of sp³-hybridized carbons (Fsp3) is 0.538. The van der Waals surface area contributed by atoms with E-state index in [2.05, 4.69) is 115 Å². The summed E-state index contributed by atoms with van der Waals surface area (Å²) < 4.78 is 1.32. The van der Waals surface area contributed by atoms with Crippen LogP contribution >= 0.6 is 0 Å². The van der Waals surface area contributed by atoms with Gasteiger partial charge in [-0.2, -0.15) is 4.65 Å². The smallest absolute Gasteiger partial charge is 0.112 e. The summed E-state index contributed by atoms with van der Waals surface area (Å²) in [6.07, 6.45) is 17.4. The van der Waals surface area contributed by atoms with Crippen LogP contribution in [0.5, 0.6) is 0 Å². The summed E-state index contributed by atoms with van der Waals surface area (Å²) in [6.45, 7) is 12.9. The van der Waals surface area contributed by atoms with E-state index in [4.69, 9.17) is 0 Å². The lowest BCUT2D eigenvalue weighted by Gasteiger charge is -2.27. The highest BCUT2D eigenvalue weighted by Crippen LogP contribution is 2.50. The Morgan fingerprint density at radius 1 is 0.418 bits per heavy atom. The number of hydrogen-bond acceptors (Lipinski definition) is 1. The Labute approximate surface area is 334 Å². The number of fused-ring (bicyclic) bond motifs is 10. The van der Waals surface area contributed by atoms with Crippen molar-refractivity contribution in [2.24, 2.45) is 0 Å². The Kier molecular flexibility index (Phi) is 12.4. The number of quaternary nitrogens is 2. The number of rotatable bonds is 0. The van der Waals surface area contributed by atoms with E-state index in [1.54, 1.807) is 33.4 Å². The molecule has 2 fully saturated rings. The number of benzene rings is 4. The first kappa shape index (κ1) is 40.0. The van der Waals surface area contributed by atoms with Gasteiger partial charge in [0.2, 0.25) is 0 Å². The van der Waals surface area contributed by atoms with Crippen LogP contribution in [-0.4, -0.2) is 61.7 Å². The van der Waals surface area contributed by atoms with Gasteiger partial charge < -0.3 is 4.48 Å². The van der Waals surface area contributed by atoms with E-state index >= 15 is 0 Å². The normalized spacial score (nSPS) is 26.6. The van der Waals surface area contributed by atoms with Crippen molar-refractivity contribution in [3.05, 3.63) is 140 Å². The molecule has 4 aromatic rings. The minimum Gasteiger partial charge on any atom is -0.328 e. The van der Waals surface area contributed by atoms with Crippen molar-refractivity contribution in [1.29, 1.82) is 0 Å². The molecule has 3 nitrogen and oxygen atoms in total. The van der Waals surface area contributed by atoms with Gasteiger partial charge in [0.05, 0.1) is 34.2 Å². The van der Waals surface area contributed by atoms with Gasteiger partial charge >= 0.3 is 0 Å². The van der Waals surface area contributed by atoms with Gasteiger partial charge in [0.25, 0.3) is 0 Å². The van der Waals surface area contributed by atoms with Crippen LogP contribution in [0.4, 0.5) is 0 Å². The average molecular weight is 741 g/mol. The van der Waals surface area contributed by atoms with Crippen molar-refractivity contribution >= 4 is 0 Å². The molecule has 294 valence electrons. The Bertz CT molecular complexity index is 1860. The molecule has 0 saturated heterocycles. The summed E-state index contributed by atoms with van der Waals surface area (Å²) in [5.41, 5.74) is 18.3. The molecule has 55 heavy (non-hydrogen) atoms. The number of likely N-dealkylation sites (N-methyl/N-ethyl adjacent to an activating group) is 2. The maximum Gasteiger partial charge on any atom is 0.112 e. The SMILES string of the molecule is Cc1ccc2c(c1)C1CCCC2C1.Cc1ccc2c(c1)C1CCCC2CC1.Cc1ccc2c(c1)CC[N+](C)(C)CC2.Cc1ccc2c(c1)CC[N+](C)(O)CC2. The van der Waals surface area contributed by atoms with Gasteiger partial charge in [0.1, 0.15) is 13.1 Å². The van der Waals surface area contributed by atoms with Crippen molar-refractivity contribution in [3.63, 3.8) is 0 Å². The van der Waals surface area contributed by atoms with Crippen LogP contribution in [0.15, 0.2) is 72.8 Å². The minimum absolute atomic E-state index is 0.160. The first-order valence-corrected chi connectivity index (χ1v) is 22.1. The molecule has 3 heteroatoms. The van der Waals surface area contributed by atoms with E-state index in [0.717, 1.165) is 54.1 Å². The van der Waals surface area contributed by atoms with Crippen LogP contribution in [0.3, 0.4) is 0 Å². The molecule has 2 saturated carbocycles. The molecule has 5 atom stereocenters. The Morgan fingerprint density at radius 2 is 0.800 bits per heavy atom. The molecule has 2 heterocycles. The van der Waals surface area contributed by atoms with Gasteiger partial charge in [-0.1, -0.05) is 108 Å². The molecule has 5 aliphatic carbocycles. The van der Waals surface area contributed by atoms with Crippen molar-refractivity contribution < 1.29 is 14.3 Å². The van der Waals surface area contributed by atoms with Gasteiger partial charge in [-0.15, -0.1) is 0 Å². The van der Waals surface area contributed by atoms with Crippen molar-refractivity contribution in [2.45, 2.75) is 135 Å². The largest absolute Gasteiger partial charge is 0.328 e. The summed E-state index contributed by atoms with van der Waals surface area (Å²) in [7, 11) is 6.55. The first-order chi connectivity index (χ1) is 26.3. The summed E-state index contributed by atoms with van der Waals surface area (Å²) in [5.74, 6) is 3.61. The second-order valence-corrected chi connectivity index (χ2v) is 19.4. The van der Waals surface area contributed by atoms with Crippen LogP contribution in [0.2, 0.25) is 0 Å². The molecular weight excluding hydrogens is 669 g/mol. The molecule has 2 aliphatic heterocycles.